The Morgan fingerprint density at radius 2 is 2.24 bits per heavy atom. The number of rotatable bonds is 6. The standard InChI is InChI=1S/C12H15N3O4S2/c13-7(16)5-20-3-1-2-6-4-21-11-8(14)10(17)15(11)9(6)12(18)19/h1-2,8,11H,3-5,14H2,(H2,13,16)(H,18,19)/b2-1-/t8-,11-/m1/s1. The Hall–Kier alpha value is -1.45. The average molecular weight is 329 g/mol. The molecule has 2 aliphatic rings. The van der Waals surface area contributed by atoms with Crippen molar-refractivity contribution in [1.82, 2.24) is 4.90 Å². The lowest BCUT2D eigenvalue weighted by Crippen LogP contribution is -2.68. The molecule has 5 N–H and O–H groups in total. The lowest BCUT2D eigenvalue weighted by molar-refractivity contribution is -0.147. The number of aliphatic carboxylic acids is 1. The summed E-state index contributed by atoms with van der Waals surface area (Å²) in [5.74, 6) is -0.647. The average Bonchev–Trinajstić information content (AvgIpc) is 2.44. The molecule has 0 bridgehead atoms. The van der Waals surface area contributed by atoms with E-state index < -0.39 is 17.9 Å². The van der Waals surface area contributed by atoms with Gasteiger partial charge in [0, 0.05) is 11.5 Å². The summed E-state index contributed by atoms with van der Waals surface area (Å²) in [6.45, 7) is 0. The molecule has 2 atom stereocenters. The Morgan fingerprint density at radius 1 is 1.52 bits per heavy atom. The normalized spacial score (nSPS) is 25.0. The Labute approximate surface area is 129 Å². The maximum Gasteiger partial charge on any atom is 0.352 e. The molecular formula is C12H15N3O4S2. The number of carbonyl (C=O) groups is 3. The van der Waals surface area contributed by atoms with Crippen LogP contribution in [0.4, 0.5) is 0 Å². The monoisotopic (exact) mass is 329 g/mol. The van der Waals surface area contributed by atoms with Crippen molar-refractivity contribution in [3.8, 4) is 0 Å². The van der Waals surface area contributed by atoms with E-state index in [2.05, 4.69) is 0 Å². The van der Waals surface area contributed by atoms with E-state index in [0.717, 1.165) is 0 Å². The second-order valence-corrected chi connectivity index (χ2v) is 6.63. The predicted octanol–water partition coefficient (Wildman–Crippen LogP) is -0.658. The van der Waals surface area contributed by atoms with E-state index in [-0.39, 0.29) is 22.7 Å². The van der Waals surface area contributed by atoms with Crippen LogP contribution in [0, 0.1) is 0 Å². The first-order valence-electron chi connectivity index (χ1n) is 6.12. The van der Waals surface area contributed by atoms with Crippen LogP contribution in [0.1, 0.15) is 0 Å². The molecule has 2 rings (SSSR count). The number of β-lactam (4-membered cyclic amide) rings is 1. The van der Waals surface area contributed by atoms with E-state index >= 15 is 0 Å². The Balaban J connectivity index is 2.08. The third kappa shape index (κ3) is 3.25. The van der Waals surface area contributed by atoms with Gasteiger partial charge in [-0.05, 0) is 5.57 Å². The minimum absolute atomic E-state index is 0.00148. The van der Waals surface area contributed by atoms with Gasteiger partial charge in [0.25, 0.3) is 0 Å². The summed E-state index contributed by atoms with van der Waals surface area (Å²) >= 11 is 2.79. The number of amides is 2. The van der Waals surface area contributed by atoms with E-state index in [1.165, 1.54) is 28.4 Å². The molecule has 0 aromatic heterocycles. The van der Waals surface area contributed by atoms with Gasteiger partial charge in [-0.3, -0.25) is 14.5 Å². The number of hydrogen-bond donors (Lipinski definition) is 3. The topological polar surface area (TPSA) is 127 Å². The molecule has 0 saturated carbocycles. The van der Waals surface area contributed by atoms with Gasteiger partial charge in [0.1, 0.15) is 17.1 Å². The highest BCUT2D eigenvalue weighted by Crippen LogP contribution is 2.39. The molecular weight excluding hydrogens is 314 g/mol. The number of carboxylic acids is 1. The van der Waals surface area contributed by atoms with Crippen LogP contribution < -0.4 is 11.5 Å². The number of nitrogens with zero attached hydrogens (tertiary/aromatic N) is 1. The number of hydrogen-bond acceptors (Lipinski definition) is 6. The van der Waals surface area contributed by atoms with Crippen LogP contribution in [0.15, 0.2) is 23.4 Å². The van der Waals surface area contributed by atoms with Crippen LogP contribution >= 0.6 is 23.5 Å². The summed E-state index contributed by atoms with van der Waals surface area (Å²) in [5.41, 5.74) is 11.3. The van der Waals surface area contributed by atoms with Crippen LogP contribution in [0.2, 0.25) is 0 Å². The number of nitrogens with two attached hydrogens (primary N) is 2. The molecule has 2 heterocycles. The van der Waals surface area contributed by atoms with Crippen LogP contribution in [-0.4, -0.2) is 56.5 Å². The minimum Gasteiger partial charge on any atom is -0.477 e. The van der Waals surface area contributed by atoms with Crippen molar-refractivity contribution in [2.24, 2.45) is 11.5 Å². The summed E-state index contributed by atoms with van der Waals surface area (Å²) in [5, 5.41) is 9.02. The number of fused-ring (bicyclic) bond motifs is 1. The molecule has 2 aliphatic heterocycles. The molecule has 0 unspecified atom stereocenters. The van der Waals surface area contributed by atoms with E-state index in [4.69, 9.17) is 11.5 Å². The highest BCUT2D eigenvalue weighted by Gasteiger charge is 2.51. The summed E-state index contributed by atoms with van der Waals surface area (Å²) in [6.07, 6.45) is 3.44. The van der Waals surface area contributed by atoms with E-state index in [9.17, 15) is 19.5 Å². The maximum atomic E-state index is 11.7. The lowest BCUT2D eigenvalue weighted by Gasteiger charge is -2.47. The molecule has 1 saturated heterocycles. The SMILES string of the molecule is NC(=O)CSC/C=C\C1=C(C(=O)O)N2C(=O)[C@@H](N)[C@H]2SC1. The highest BCUT2D eigenvalue weighted by molar-refractivity contribution is 8.00. The quantitative estimate of drug-likeness (QED) is 0.436. The summed E-state index contributed by atoms with van der Waals surface area (Å²) in [6, 6.07) is -0.624. The second kappa shape index (κ2) is 6.54. The number of allylic oxidation sites excluding steroid dienone is 1. The molecule has 7 nitrogen and oxygen atoms in total. The van der Waals surface area contributed by atoms with E-state index in [1.807, 2.05) is 0 Å². The molecule has 0 radical (unpaired) electrons. The van der Waals surface area contributed by atoms with Gasteiger partial charge in [0.2, 0.25) is 11.8 Å². The third-order valence-corrected chi connectivity index (χ3v) is 5.26. The van der Waals surface area contributed by atoms with Crippen molar-refractivity contribution < 1.29 is 19.5 Å². The van der Waals surface area contributed by atoms with Crippen LogP contribution in [0.3, 0.4) is 0 Å². The zero-order valence-corrected chi connectivity index (χ0v) is 12.7. The van der Waals surface area contributed by atoms with Crippen LogP contribution in [0.25, 0.3) is 0 Å². The fourth-order valence-electron chi connectivity index (χ4n) is 2.09. The highest BCUT2D eigenvalue weighted by atomic mass is 32.2. The van der Waals surface area contributed by atoms with Crippen molar-refractivity contribution in [2.75, 3.05) is 17.3 Å². The first kappa shape index (κ1) is 15.9. The van der Waals surface area contributed by atoms with Gasteiger partial charge in [-0.1, -0.05) is 12.2 Å². The van der Waals surface area contributed by atoms with Gasteiger partial charge < -0.3 is 16.6 Å². The summed E-state index contributed by atoms with van der Waals surface area (Å²) in [4.78, 5) is 34.9. The number of carbonyl (C=O) groups excluding carboxylic acids is 2. The third-order valence-electron chi connectivity index (χ3n) is 3.02. The molecule has 0 aromatic carbocycles. The minimum atomic E-state index is -1.13. The summed E-state index contributed by atoms with van der Waals surface area (Å²) < 4.78 is 0. The molecule has 0 spiro atoms. The Kier molecular flexibility index (Phi) is 4.96. The van der Waals surface area contributed by atoms with Crippen molar-refractivity contribution in [1.29, 1.82) is 0 Å². The molecule has 9 heteroatoms. The lowest BCUT2D eigenvalue weighted by atomic mass is 10.0. The van der Waals surface area contributed by atoms with Crippen molar-refractivity contribution in [3.05, 3.63) is 23.4 Å². The van der Waals surface area contributed by atoms with Gasteiger partial charge >= 0.3 is 5.97 Å². The Morgan fingerprint density at radius 3 is 2.86 bits per heavy atom. The van der Waals surface area contributed by atoms with E-state index in [1.54, 1.807) is 12.2 Å². The maximum absolute atomic E-state index is 11.7. The Bertz CT molecular complexity index is 547. The van der Waals surface area contributed by atoms with Crippen molar-refractivity contribution in [2.45, 2.75) is 11.4 Å². The van der Waals surface area contributed by atoms with Gasteiger partial charge in [-0.15, -0.1) is 23.5 Å². The van der Waals surface area contributed by atoms with Gasteiger partial charge in [-0.2, -0.15) is 0 Å². The van der Waals surface area contributed by atoms with E-state index in [0.29, 0.717) is 17.1 Å². The first-order chi connectivity index (χ1) is 9.93. The molecule has 21 heavy (non-hydrogen) atoms. The second-order valence-electron chi connectivity index (χ2n) is 4.50. The number of thioether (sulfide) groups is 2. The van der Waals surface area contributed by atoms with Gasteiger partial charge in [0.05, 0.1) is 5.75 Å². The zero-order chi connectivity index (χ0) is 15.6. The van der Waals surface area contributed by atoms with Crippen molar-refractivity contribution in [3.63, 3.8) is 0 Å². The molecule has 2 amide bonds. The van der Waals surface area contributed by atoms with Crippen LogP contribution in [0.5, 0.6) is 0 Å². The van der Waals surface area contributed by atoms with Gasteiger partial charge in [-0.25, -0.2) is 4.79 Å². The fraction of sp³-hybridized carbons (Fsp3) is 0.417. The molecule has 1 fully saturated rings. The predicted molar refractivity (Wildman–Crippen MR) is 81.4 cm³/mol. The fourth-order valence-corrected chi connectivity index (χ4v) is 3.90. The number of carboxylic acid groups (broad SMARTS) is 1. The van der Waals surface area contributed by atoms with Crippen LogP contribution in [-0.2, 0) is 14.4 Å². The van der Waals surface area contributed by atoms with Crippen molar-refractivity contribution >= 4 is 41.3 Å². The molecule has 0 aromatic rings. The molecule has 114 valence electrons. The molecule has 0 aliphatic carbocycles. The van der Waals surface area contributed by atoms with Gasteiger partial charge in [0.15, 0.2) is 0 Å². The number of primary amides is 1. The smallest absolute Gasteiger partial charge is 0.352 e. The summed E-state index contributed by atoms with van der Waals surface area (Å²) in [7, 11) is 0. The first-order valence-corrected chi connectivity index (χ1v) is 8.33. The largest absolute Gasteiger partial charge is 0.477 e. The zero-order valence-electron chi connectivity index (χ0n) is 11.0.